The van der Waals surface area contributed by atoms with E-state index in [9.17, 15) is 9.18 Å². The molecule has 0 aliphatic heterocycles. The minimum Gasteiger partial charge on any atom is -0.368 e. The van der Waals surface area contributed by atoms with Crippen LogP contribution in [0.25, 0.3) is 11.0 Å². The van der Waals surface area contributed by atoms with Crippen molar-refractivity contribution >= 4 is 45.3 Å². The van der Waals surface area contributed by atoms with Crippen LogP contribution in [0.15, 0.2) is 36.5 Å². The number of pyridine rings is 1. The largest absolute Gasteiger partial charge is 0.368 e. The van der Waals surface area contributed by atoms with Gasteiger partial charge in [-0.2, -0.15) is 4.39 Å². The van der Waals surface area contributed by atoms with Crippen LogP contribution in [0.1, 0.15) is 23.0 Å². The summed E-state index contributed by atoms with van der Waals surface area (Å²) in [5.74, 6) is -0.334. The molecule has 0 spiro atoms. The van der Waals surface area contributed by atoms with Crippen molar-refractivity contribution < 1.29 is 9.18 Å². The third-order valence-electron chi connectivity index (χ3n) is 3.77. The van der Waals surface area contributed by atoms with E-state index in [0.29, 0.717) is 24.4 Å². The van der Waals surface area contributed by atoms with Crippen LogP contribution in [-0.4, -0.2) is 33.9 Å². The molecule has 8 heteroatoms. The summed E-state index contributed by atoms with van der Waals surface area (Å²) in [6.45, 7) is 2.75. The fourth-order valence-corrected chi connectivity index (χ4v) is 2.92. The molecule has 2 heterocycles. The van der Waals surface area contributed by atoms with Crippen LogP contribution in [0, 0.1) is 9.52 Å². The Labute approximate surface area is 163 Å². The van der Waals surface area contributed by atoms with Gasteiger partial charge in [0, 0.05) is 16.7 Å². The molecule has 0 fully saturated rings. The molecule has 0 saturated heterocycles. The lowest BCUT2D eigenvalue weighted by Crippen LogP contribution is -2.29. The Morgan fingerprint density at radius 3 is 2.81 bits per heavy atom. The topological polar surface area (TPSA) is 79.8 Å². The highest BCUT2D eigenvalue weighted by molar-refractivity contribution is 14.1. The van der Waals surface area contributed by atoms with E-state index >= 15 is 0 Å². The summed E-state index contributed by atoms with van der Waals surface area (Å²) in [5, 5.41) is 5.82. The van der Waals surface area contributed by atoms with Crippen LogP contribution in [0.5, 0.6) is 0 Å². The number of carbonyl (C=O) groups excluding carboxylic acids is 1. The summed E-state index contributed by atoms with van der Waals surface area (Å²) in [6, 6.07) is 8.71. The smallest absolute Gasteiger partial charge is 0.271 e. The van der Waals surface area contributed by atoms with Gasteiger partial charge in [-0.25, -0.2) is 9.97 Å². The zero-order valence-corrected chi connectivity index (χ0v) is 16.2. The predicted octanol–water partition coefficient (Wildman–Crippen LogP) is 3.17. The number of hydrogen-bond acceptors (Lipinski definition) is 5. The first kappa shape index (κ1) is 18.4. The summed E-state index contributed by atoms with van der Waals surface area (Å²) < 4.78 is 14.3. The second kappa shape index (κ2) is 8.35. The minimum absolute atomic E-state index is 0.261. The van der Waals surface area contributed by atoms with Gasteiger partial charge in [0.25, 0.3) is 5.91 Å². The number of carbonyl (C=O) groups is 1. The van der Waals surface area contributed by atoms with Crippen molar-refractivity contribution in [2.45, 2.75) is 13.3 Å². The van der Waals surface area contributed by atoms with E-state index in [1.54, 1.807) is 6.07 Å². The number of hydrogen-bond donors (Lipinski definition) is 2. The molecule has 6 nitrogen and oxygen atoms in total. The Kier molecular flexibility index (Phi) is 5.92. The summed E-state index contributed by atoms with van der Waals surface area (Å²) in [4.78, 5) is 24.7. The number of benzene rings is 1. The third-order valence-corrected chi connectivity index (χ3v) is 4.44. The zero-order valence-electron chi connectivity index (χ0n) is 14.1. The van der Waals surface area contributed by atoms with E-state index in [0.717, 1.165) is 21.1 Å². The molecular formula is C18H17FIN5O. The minimum atomic E-state index is -0.533. The van der Waals surface area contributed by atoms with Gasteiger partial charge in [0.15, 0.2) is 0 Å². The Balaban J connectivity index is 1.58. The highest BCUT2D eigenvalue weighted by Gasteiger charge is 2.09. The van der Waals surface area contributed by atoms with E-state index < -0.39 is 5.95 Å². The van der Waals surface area contributed by atoms with Crippen molar-refractivity contribution in [2.75, 3.05) is 18.4 Å². The number of amides is 1. The maximum Gasteiger partial charge on any atom is 0.271 e. The predicted molar refractivity (Wildman–Crippen MR) is 107 cm³/mol. The molecule has 134 valence electrons. The fraction of sp³-hybridized carbons (Fsp3) is 0.222. The summed E-state index contributed by atoms with van der Waals surface area (Å²) >= 11 is 2.20. The van der Waals surface area contributed by atoms with Crippen molar-refractivity contribution in [1.29, 1.82) is 0 Å². The first-order chi connectivity index (χ1) is 12.6. The monoisotopic (exact) mass is 465 g/mol. The molecule has 2 N–H and O–H groups in total. The van der Waals surface area contributed by atoms with Gasteiger partial charge in [-0.05, 0) is 58.8 Å². The maximum absolute atomic E-state index is 13.3. The first-order valence-electron chi connectivity index (χ1n) is 8.16. The molecule has 3 rings (SSSR count). The standard InChI is InChI=1S/C18H17FIN5O/c1-2-11-3-6-16(19)25-17(11)21-7-8-22-18(26)15-10-23-14-9-12(20)4-5-13(14)24-15/h3-6,9-10H,2,7-8H2,1H3,(H,21,25)(H,22,26). The number of aryl methyl sites for hydroxylation is 1. The fourth-order valence-electron chi connectivity index (χ4n) is 2.44. The lowest BCUT2D eigenvalue weighted by molar-refractivity contribution is 0.0950. The Hall–Kier alpha value is -2.36. The van der Waals surface area contributed by atoms with Crippen LogP contribution >= 0.6 is 22.6 Å². The molecule has 0 atom stereocenters. The number of nitrogens with one attached hydrogen (secondary N) is 2. The Bertz CT molecular complexity index is 950. The van der Waals surface area contributed by atoms with Crippen LogP contribution in [0.3, 0.4) is 0 Å². The SMILES string of the molecule is CCc1ccc(F)nc1NCCNC(=O)c1cnc2cc(I)ccc2n1. The number of fused-ring (bicyclic) bond motifs is 1. The van der Waals surface area contributed by atoms with E-state index in [1.807, 2.05) is 25.1 Å². The Morgan fingerprint density at radius 2 is 2.00 bits per heavy atom. The second-order valence-corrected chi connectivity index (χ2v) is 6.81. The lowest BCUT2D eigenvalue weighted by atomic mass is 10.2. The van der Waals surface area contributed by atoms with Gasteiger partial charge in [0.2, 0.25) is 5.95 Å². The molecule has 2 aromatic heterocycles. The Morgan fingerprint density at radius 1 is 1.15 bits per heavy atom. The van der Waals surface area contributed by atoms with Crippen molar-refractivity contribution in [3.63, 3.8) is 0 Å². The molecule has 0 radical (unpaired) electrons. The van der Waals surface area contributed by atoms with Gasteiger partial charge >= 0.3 is 0 Å². The summed E-state index contributed by atoms with van der Waals surface area (Å²) in [7, 11) is 0. The summed E-state index contributed by atoms with van der Waals surface area (Å²) in [5.41, 5.74) is 2.61. The number of rotatable bonds is 6. The van der Waals surface area contributed by atoms with Crippen LogP contribution < -0.4 is 10.6 Å². The van der Waals surface area contributed by atoms with Crippen LogP contribution in [-0.2, 0) is 6.42 Å². The van der Waals surface area contributed by atoms with E-state index in [1.165, 1.54) is 12.3 Å². The molecule has 0 bridgehead atoms. The lowest BCUT2D eigenvalue weighted by Gasteiger charge is -2.10. The molecule has 26 heavy (non-hydrogen) atoms. The molecule has 0 unspecified atom stereocenters. The van der Waals surface area contributed by atoms with Gasteiger partial charge in [-0.1, -0.05) is 13.0 Å². The highest BCUT2D eigenvalue weighted by Crippen LogP contribution is 2.14. The highest BCUT2D eigenvalue weighted by atomic mass is 127. The average Bonchev–Trinajstić information content (AvgIpc) is 2.64. The van der Waals surface area contributed by atoms with Gasteiger partial charge in [-0.3, -0.25) is 9.78 Å². The third kappa shape index (κ3) is 4.43. The quantitative estimate of drug-likeness (QED) is 0.332. The van der Waals surface area contributed by atoms with E-state index in [2.05, 4.69) is 48.2 Å². The molecule has 0 saturated carbocycles. The molecular weight excluding hydrogens is 448 g/mol. The zero-order chi connectivity index (χ0) is 18.5. The van der Waals surface area contributed by atoms with Gasteiger partial charge in [-0.15, -0.1) is 0 Å². The number of anilines is 1. The van der Waals surface area contributed by atoms with Crippen molar-refractivity contribution in [3.8, 4) is 0 Å². The second-order valence-electron chi connectivity index (χ2n) is 5.57. The molecule has 0 aliphatic rings. The molecule has 1 amide bonds. The molecule has 3 aromatic rings. The average molecular weight is 465 g/mol. The van der Waals surface area contributed by atoms with Crippen molar-refractivity contribution in [3.05, 3.63) is 57.3 Å². The number of halogens is 2. The number of aromatic nitrogens is 3. The molecule has 1 aromatic carbocycles. The van der Waals surface area contributed by atoms with E-state index in [-0.39, 0.29) is 11.6 Å². The van der Waals surface area contributed by atoms with Gasteiger partial charge in [0.1, 0.15) is 11.5 Å². The maximum atomic E-state index is 13.3. The van der Waals surface area contributed by atoms with Gasteiger partial charge in [0.05, 0.1) is 17.2 Å². The van der Waals surface area contributed by atoms with Crippen LogP contribution in [0.4, 0.5) is 10.2 Å². The normalized spacial score (nSPS) is 10.7. The summed E-state index contributed by atoms with van der Waals surface area (Å²) in [6.07, 6.45) is 2.21. The number of nitrogens with zero attached hydrogens (tertiary/aromatic N) is 3. The van der Waals surface area contributed by atoms with E-state index in [4.69, 9.17) is 0 Å². The van der Waals surface area contributed by atoms with Crippen molar-refractivity contribution in [2.24, 2.45) is 0 Å². The van der Waals surface area contributed by atoms with Crippen molar-refractivity contribution in [1.82, 2.24) is 20.3 Å². The first-order valence-corrected chi connectivity index (χ1v) is 9.24. The molecule has 0 aliphatic carbocycles. The van der Waals surface area contributed by atoms with Gasteiger partial charge < -0.3 is 10.6 Å². The van der Waals surface area contributed by atoms with Crippen LogP contribution in [0.2, 0.25) is 0 Å².